The summed E-state index contributed by atoms with van der Waals surface area (Å²) in [7, 11) is 2.18. The monoisotopic (exact) mass is 220 g/mol. The number of rotatable bonds is 8. The molecule has 3 nitrogen and oxygen atoms in total. The van der Waals surface area contributed by atoms with Crippen LogP contribution in [0, 0.1) is 5.92 Å². The summed E-state index contributed by atoms with van der Waals surface area (Å²) >= 11 is 0. The highest BCUT2D eigenvalue weighted by Crippen LogP contribution is 2.36. The van der Waals surface area contributed by atoms with Crippen LogP contribution in [-0.4, -0.2) is 26.2 Å². The van der Waals surface area contributed by atoms with E-state index in [1.54, 1.807) is 14.2 Å². The Bertz CT molecular complexity index is 157. The van der Waals surface area contributed by atoms with Gasteiger partial charge in [0.05, 0.1) is 6.16 Å². The normalized spacial score (nSPS) is 13.2. The van der Waals surface area contributed by atoms with Gasteiger partial charge in [0.15, 0.2) is 8.38 Å². The van der Waals surface area contributed by atoms with E-state index in [1.807, 2.05) is 0 Å². The second kappa shape index (κ2) is 8.34. The molecule has 1 atom stereocenters. The van der Waals surface area contributed by atoms with Crippen LogP contribution in [-0.2, 0) is 13.8 Å². The minimum atomic E-state index is -0.994. The van der Waals surface area contributed by atoms with Crippen molar-refractivity contribution in [2.24, 2.45) is 5.92 Å². The molecule has 0 spiro atoms. The van der Waals surface area contributed by atoms with Crippen LogP contribution in [0.3, 0.4) is 0 Å². The molecule has 0 aromatic heterocycles. The third kappa shape index (κ3) is 5.04. The molecule has 14 heavy (non-hydrogen) atoms. The first-order valence-corrected chi connectivity index (χ1v) is 6.44. The fourth-order valence-corrected chi connectivity index (χ4v) is 2.32. The zero-order chi connectivity index (χ0) is 11.0. The molecule has 0 fully saturated rings. The fourth-order valence-electron chi connectivity index (χ4n) is 1.40. The van der Waals surface area contributed by atoms with Gasteiger partial charge < -0.3 is 9.05 Å². The van der Waals surface area contributed by atoms with Gasteiger partial charge in [-0.25, -0.2) is 0 Å². The summed E-state index contributed by atoms with van der Waals surface area (Å²) in [6.07, 6.45) is 3.39. The Balaban J connectivity index is 4.01. The van der Waals surface area contributed by atoms with Gasteiger partial charge in [-0.1, -0.05) is 20.3 Å². The van der Waals surface area contributed by atoms with Gasteiger partial charge in [0.25, 0.3) is 0 Å². The standard InChI is InChI=1S/C10H21O3P/c1-5-7-9(6-2)10(11)8-14(12-3)13-4/h9H,5-8H2,1-4H3. The third-order valence-corrected chi connectivity index (χ3v) is 3.66. The van der Waals surface area contributed by atoms with E-state index in [2.05, 4.69) is 13.8 Å². The van der Waals surface area contributed by atoms with Crippen molar-refractivity contribution in [3.8, 4) is 0 Å². The van der Waals surface area contributed by atoms with Crippen molar-refractivity contribution in [3.63, 3.8) is 0 Å². The van der Waals surface area contributed by atoms with Crippen molar-refractivity contribution in [2.75, 3.05) is 20.4 Å². The van der Waals surface area contributed by atoms with Crippen molar-refractivity contribution >= 4 is 14.2 Å². The van der Waals surface area contributed by atoms with Gasteiger partial charge >= 0.3 is 0 Å². The quantitative estimate of drug-likeness (QED) is 0.590. The van der Waals surface area contributed by atoms with Gasteiger partial charge in [-0.15, -0.1) is 0 Å². The molecule has 4 heteroatoms. The van der Waals surface area contributed by atoms with E-state index in [1.165, 1.54) is 0 Å². The number of hydrogen-bond donors (Lipinski definition) is 0. The van der Waals surface area contributed by atoms with Crippen LogP contribution in [0.2, 0.25) is 0 Å². The zero-order valence-corrected chi connectivity index (χ0v) is 10.5. The minimum absolute atomic E-state index is 0.190. The molecule has 1 unspecified atom stereocenters. The summed E-state index contributed by atoms with van der Waals surface area (Å²) in [6.45, 7) is 4.16. The second-order valence-corrected chi connectivity index (χ2v) is 4.93. The van der Waals surface area contributed by atoms with Crippen molar-refractivity contribution in [3.05, 3.63) is 0 Å². The first kappa shape index (κ1) is 14.0. The van der Waals surface area contributed by atoms with E-state index in [9.17, 15) is 4.79 Å². The molecule has 0 N–H and O–H groups in total. The molecular formula is C10H21O3P. The molecule has 0 amide bonds. The SMILES string of the molecule is CCCC(CC)C(=O)CP(OC)OC. The Morgan fingerprint density at radius 1 is 1.29 bits per heavy atom. The molecule has 0 aromatic carbocycles. The molecule has 0 rings (SSSR count). The maximum absolute atomic E-state index is 11.7. The summed E-state index contributed by atoms with van der Waals surface area (Å²) in [6, 6.07) is 0. The van der Waals surface area contributed by atoms with Crippen LogP contribution in [0.15, 0.2) is 0 Å². The molecule has 0 heterocycles. The topological polar surface area (TPSA) is 35.5 Å². The van der Waals surface area contributed by atoms with E-state index in [-0.39, 0.29) is 11.7 Å². The summed E-state index contributed by atoms with van der Waals surface area (Å²) < 4.78 is 10.1. The third-order valence-electron chi connectivity index (χ3n) is 2.28. The largest absolute Gasteiger partial charge is 0.337 e. The summed E-state index contributed by atoms with van der Waals surface area (Å²) in [5.74, 6) is 0.472. The smallest absolute Gasteiger partial charge is 0.177 e. The molecular weight excluding hydrogens is 199 g/mol. The molecule has 0 aromatic rings. The molecule has 0 aliphatic rings. The van der Waals surface area contributed by atoms with E-state index in [0.717, 1.165) is 19.3 Å². The number of carbonyl (C=O) groups excluding carboxylic acids is 1. The average Bonchev–Trinajstić information content (AvgIpc) is 2.22. The van der Waals surface area contributed by atoms with Gasteiger partial charge in [-0.2, -0.15) is 0 Å². The van der Waals surface area contributed by atoms with Gasteiger partial charge in [0.2, 0.25) is 0 Å². The van der Waals surface area contributed by atoms with Crippen molar-refractivity contribution < 1.29 is 13.8 Å². The molecule has 0 aliphatic carbocycles. The highest BCUT2D eigenvalue weighted by atomic mass is 31.2. The Kier molecular flexibility index (Phi) is 8.35. The van der Waals surface area contributed by atoms with Crippen molar-refractivity contribution in [2.45, 2.75) is 33.1 Å². The van der Waals surface area contributed by atoms with Crippen molar-refractivity contribution in [1.82, 2.24) is 0 Å². The van der Waals surface area contributed by atoms with Crippen molar-refractivity contribution in [1.29, 1.82) is 0 Å². The lowest BCUT2D eigenvalue weighted by Gasteiger charge is -2.16. The van der Waals surface area contributed by atoms with E-state index in [4.69, 9.17) is 9.05 Å². The molecule has 0 bridgehead atoms. The molecule has 0 radical (unpaired) electrons. The maximum Gasteiger partial charge on any atom is 0.177 e. The Hall–Kier alpha value is 0.0200. The summed E-state index contributed by atoms with van der Waals surface area (Å²) in [5.41, 5.74) is 0. The lowest BCUT2D eigenvalue weighted by molar-refractivity contribution is -0.120. The maximum atomic E-state index is 11.7. The number of ketones is 1. The molecule has 84 valence electrons. The van der Waals surface area contributed by atoms with Gasteiger partial charge in [0.1, 0.15) is 5.78 Å². The van der Waals surface area contributed by atoms with Crippen LogP contribution in [0.1, 0.15) is 33.1 Å². The minimum Gasteiger partial charge on any atom is -0.337 e. The zero-order valence-electron chi connectivity index (χ0n) is 9.58. The highest BCUT2D eigenvalue weighted by molar-refractivity contribution is 7.48. The van der Waals surface area contributed by atoms with Gasteiger partial charge in [0, 0.05) is 20.1 Å². The predicted molar refractivity (Wildman–Crippen MR) is 59.5 cm³/mol. The average molecular weight is 220 g/mol. The molecule has 0 saturated carbocycles. The molecule has 0 saturated heterocycles. The lowest BCUT2D eigenvalue weighted by atomic mass is 9.97. The molecule has 0 aliphatic heterocycles. The number of hydrogen-bond acceptors (Lipinski definition) is 3. The summed E-state index contributed by atoms with van der Waals surface area (Å²) in [4.78, 5) is 11.7. The van der Waals surface area contributed by atoms with Crippen LogP contribution < -0.4 is 0 Å². The van der Waals surface area contributed by atoms with E-state index in [0.29, 0.717) is 6.16 Å². The van der Waals surface area contributed by atoms with Gasteiger partial charge in [-0.05, 0) is 12.8 Å². The predicted octanol–water partition coefficient (Wildman–Crippen LogP) is 2.99. The first-order chi connectivity index (χ1) is 6.69. The highest BCUT2D eigenvalue weighted by Gasteiger charge is 2.20. The Morgan fingerprint density at radius 3 is 2.21 bits per heavy atom. The van der Waals surface area contributed by atoms with Gasteiger partial charge in [-0.3, -0.25) is 4.79 Å². The fraction of sp³-hybridized carbons (Fsp3) is 0.900. The Labute approximate surface area is 88.1 Å². The Morgan fingerprint density at radius 2 is 1.86 bits per heavy atom. The van der Waals surface area contributed by atoms with Crippen LogP contribution >= 0.6 is 8.38 Å². The van der Waals surface area contributed by atoms with E-state index < -0.39 is 8.38 Å². The number of carbonyl (C=O) groups is 1. The van der Waals surface area contributed by atoms with Crippen LogP contribution in [0.4, 0.5) is 0 Å². The number of Topliss-reactive ketones (excluding diaryl/α,β-unsaturated/α-hetero) is 1. The van der Waals surface area contributed by atoms with E-state index >= 15 is 0 Å². The second-order valence-electron chi connectivity index (χ2n) is 3.22. The first-order valence-electron chi connectivity index (χ1n) is 5.07. The summed E-state index contributed by atoms with van der Waals surface area (Å²) in [5, 5.41) is 0. The lowest BCUT2D eigenvalue weighted by Crippen LogP contribution is -2.17. The van der Waals surface area contributed by atoms with Crippen LogP contribution in [0.25, 0.3) is 0 Å². The van der Waals surface area contributed by atoms with Crippen LogP contribution in [0.5, 0.6) is 0 Å².